The molecule has 0 aromatic carbocycles. The minimum absolute atomic E-state index is 0.122. The third-order valence-electron chi connectivity index (χ3n) is 1.80. The van der Waals surface area contributed by atoms with E-state index in [1.165, 1.54) is 0 Å². The summed E-state index contributed by atoms with van der Waals surface area (Å²) in [6.45, 7) is 3.64. The fourth-order valence-electron chi connectivity index (χ4n) is 1.09. The first-order valence-electron chi connectivity index (χ1n) is 3.44. The SMILES string of the molecule is CC1(C)OC1C(CO)N=[N+]=[N-]. The summed E-state index contributed by atoms with van der Waals surface area (Å²) in [6, 6.07) is -0.435. The van der Waals surface area contributed by atoms with Gasteiger partial charge in [-0.15, -0.1) is 0 Å². The summed E-state index contributed by atoms with van der Waals surface area (Å²) in [7, 11) is 0. The topological polar surface area (TPSA) is 81.5 Å². The molecule has 0 spiro atoms. The van der Waals surface area contributed by atoms with Crippen LogP contribution >= 0.6 is 0 Å². The molecule has 0 amide bonds. The predicted octanol–water partition coefficient (Wildman–Crippen LogP) is 0.835. The summed E-state index contributed by atoms with van der Waals surface area (Å²) in [4.78, 5) is 2.62. The summed E-state index contributed by atoms with van der Waals surface area (Å²) in [5.74, 6) is 0. The normalized spacial score (nSPS) is 28.8. The first-order valence-corrected chi connectivity index (χ1v) is 3.44. The lowest BCUT2D eigenvalue weighted by Gasteiger charge is -2.02. The quantitative estimate of drug-likeness (QED) is 0.285. The van der Waals surface area contributed by atoms with E-state index in [2.05, 4.69) is 10.0 Å². The lowest BCUT2D eigenvalue weighted by molar-refractivity contribution is 0.234. The van der Waals surface area contributed by atoms with Crippen molar-refractivity contribution >= 4 is 0 Å². The first kappa shape index (κ1) is 8.33. The third kappa shape index (κ3) is 1.63. The highest BCUT2D eigenvalue weighted by molar-refractivity contribution is 5.02. The van der Waals surface area contributed by atoms with Gasteiger partial charge in [0, 0.05) is 4.91 Å². The molecule has 62 valence electrons. The molecule has 1 N–H and O–H groups in total. The van der Waals surface area contributed by atoms with Gasteiger partial charge in [0.25, 0.3) is 0 Å². The van der Waals surface area contributed by atoms with E-state index in [0.29, 0.717) is 0 Å². The molecule has 11 heavy (non-hydrogen) atoms. The van der Waals surface area contributed by atoms with Gasteiger partial charge in [0.1, 0.15) is 0 Å². The average molecular weight is 157 g/mol. The van der Waals surface area contributed by atoms with Gasteiger partial charge < -0.3 is 9.84 Å². The summed E-state index contributed by atoms with van der Waals surface area (Å²) in [5.41, 5.74) is 7.87. The standard InChI is InChI=1S/C6H11N3O2/c1-6(2)5(11-6)4(3-10)8-9-7/h4-5,10H,3H2,1-2H3. The van der Waals surface area contributed by atoms with Crippen molar-refractivity contribution in [3.63, 3.8) is 0 Å². The van der Waals surface area contributed by atoms with E-state index in [1.807, 2.05) is 13.8 Å². The van der Waals surface area contributed by atoms with Crippen molar-refractivity contribution in [2.45, 2.75) is 31.6 Å². The van der Waals surface area contributed by atoms with Gasteiger partial charge in [0.2, 0.25) is 0 Å². The molecule has 1 fully saturated rings. The van der Waals surface area contributed by atoms with Gasteiger partial charge in [0.15, 0.2) is 0 Å². The Hall–Kier alpha value is -0.770. The van der Waals surface area contributed by atoms with Crippen LogP contribution in [0.25, 0.3) is 10.4 Å². The fraction of sp³-hybridized carbons (Fsp3) is 1.00. The highest BCUT2D eigenvalue weighted by Crippen LogP contribution is 2.38. The van der Waals surface area contributed by atoms with Gasteiger partial charge in [-0.3, -0.25) is 0 Å². The Morgan fingerprint density at radius 3 is 2.64 bits per heavy atom. The summed E-state index contributed by atoms with van der Waals surface area (Å²) in [6.07, 6.45) is -0.122. The maximum Gasteiger partial charge on any atom is 0.0974 e. The van der Waals surface area contributed by atoms with Gasteiger partial charge in [-0.2, -0.15) is 0 Å². The number of epoxide rings is 1. The van der Waals surface area contributed by atoms with Crippen LogP contribution in [0.1, 0.15) is 13.8 Å². The number of azide groups is 1. The number of hydrogen-bond donors (Lipinski definition) is 1. The van der Waals surface area contributed by atoms with Gasteiger partial charge in [-0.1, -0.05) is 5.11 Å². The maximum atomic E-state index is 8.75. The van der Waals surface area contributed by atoms with Crippen molar-refractivity contribution in [3.8, 4) is 0 Å². The van der Waals surface area contributed by atoms with Crippen molar-refractivity contribution in [1.29, 1.82) is 0 Å². The number of aliphatic hydroxyl groups excluding tert-OH is 1. The first-order chi connectivity index (χ1) is 5.11. The van der Waals surface area contributed by atoms with Gasteiger partial charge in [-0.05, 0) is 19.4 Å². The van der Waals surface area contributed by atoms with Crippen LogP contribution in [0.3, 0.4) is 0 Å². The predicted molar refractivity (Wildman–Crippen MR) is 39.0 cm³/mol. The van der Waals surface area contributed by atoms with E-state index in [9.17, 15) is 0 Å². The van der Waals surface area contributed by atoms with E-state index in [4.69, 9.17) is 15.4 Å². The lowest BCUT2D eigenvalue weighted by Crippen LogP contribution is -2.21. The van der Waals surface area contributed by atoms with Crippen LogP contribution in [0.2, 0.25) is 0 Å². The van der Waals surface area contributed by atoms with E-state index < -0.39 is 6.04 Å². The van der Waals surface area contributed by atoms with Crippen molar-refractivity contribution in [1.82, 2.24) is 0 Å². The Bertz CT molecular complexity index is 198. The van der Waals surface area contributed by atoms with Crippen molar-refractivity contribution in [3.05, 3.63) is 10.4 Å². The lowest BCUT2D eigenvalue weighted by atomic mass is 10.1. The second-order valence-electron chi connectivity index (χ2n) is 3.10. The number of nitrogens with zero attached hydrogens (tertiary/aromatic N) is 3. The highest BCUT2D eigenvalue weighted by Gasteiger charge is 2.51. The van der Waals surface area contributed by atoms with Crippen LogP contribution in [-0.4, -0.2) is 29.5 Å². The van der Waals surface area contributed by atoms with E-state index in [1.54, 1.807) is 0 Å². The number of ether oxygens (including phenoxy) is 1. The smallest absolute Gasteiger partial charge is 0.0974 e. The van der Waals surface area contributed by atoms with Gasteiger partial charge >= 0.3 is 0 Å². The zero-order valence-corrected chi connectivity index (χ0v) is 6.56. The second-order valence-corrected chi connectivity index (χ2v) is 3.10. The summed E-state index contributed by atoms with van der Waals surface area (Å²) < 4.78 is 5.19. The molecule has 0 saturated carbocycles. The minimum atomic E-state index is -0.435. The molecule has 0 aromatic rings. The number of aliphatic hydroxyl groups is 1. The maximum absolute atomic E-state index is 8.75. The third-order valence-corrected chi connectivity index (χ3v) is 1.80. The Labute approximate surface area is 64.6 Å². The van der Waals surface area contributed by atoms with E-state index in [-0.39, 0.29) is 18.3 Å². The molecule has 5 nitrogen and oxygen atoms in total. The van der Waals surface area contributed by atoms with Gasteiger partial charge in [-0.25, -0.2) is 0 Å². The Balaban J connectivity index is 2.53. The Morgan fingerprint density at radius 2 is 2.36 bits per heavy atom. The van der Waals surface area contributed by atoms with Crippen molar-refractivity contribution < 1.29 is 9.84 Å². The molecular formula is C6H11N3O2. The number of rotatable bonds is 3. The van der Waals surface area contributed by atoms with E-state index >= 15 is 0 Å². The molecule has 1 aliphatic rings. The summed E-state index contributed by atoms with van der Waals surface area (Å²) >= 11 is 0. The zero-order chi connectivity index (χ0) is 8.48. The van der Waals surface area contributed by atoms with E-state index in [0.717, 1.165) is 0 Å². The van der Waals surface area contributed by atoms with Crippen molar-refractivity contribution in [2.75, 3.05) is 6.61 Å². The fourth-order valence-corrected chi connectivity index (χ4v) is 1.09. The Kier molecular flexibility index (Phi) is 2.04. The second kappa shape index (κ2) is 2.70. The average Bonchev–Trinajstić information content (AvgIpc) is 2.55. The van der Waals surface area contributed by atoms with Crippen LogP contribution in [-0.2, 0) is 4.74 Å². The molecule has 0 aliphatic carbocycles. The van der Waals surface area contributed by atoms with Crippen molar-refractivity contribution in [2.24, 2.45) is 5.11 Å². The molecule has 1 heterocycles. The molecule has 5 heteroatoms. The van der Waals surface area contributed by atoms with Crippen LogP contribution in [0, 0.1) is 0 Å². The largest absolute Gasteiger partial charge is 0.396 e. The molecule has 1 rings (SSSR count). The molecule has 1 saturated heterocycles. The minimum Gasteiger partial charge on any atom is -0.396 e. The molecule has 0 radical (unpaired) electrons. The Morgan fingerprint density at radius 1 is 1.82 bits per heavy atom. The molecular weight excluding hydrogens is 146 g/mol. The highest BCUT2D eigenvalue weighted by atomic mass is 16.6. The molecule has 1 aliphatic heterocycles. The molecule has 2 unspecified atom stereocenters. The summed E-state index contributed by atoms with van der Waals surface area (Å²) in [5, 5.41) is 12.2. The monoisotopic (exact) mass is 157 g/mol. The number of hydrogen-bond acceptors (Lipinski definition) is 3. The van der Waals surface area contributed by atoms with Gasteiger partial charge in [0.05, 0.1) is 24.4 Å². The zero-order valence-electron chi connectivity index (χ0n) is 6.56. The molecule has 2 atom stereocenters. The van der Waals surface area contributed by atoms with Crippen LogP contribution in [0.5, 0.6) is 0 Å². The molecule has 0 bridgehead atoms. The van der Waals surface area contributed by atoms with Crippen LogP contribution < -0.4 is 0 Å². The molecule has 0 aromatic heterocycles. The van der Waals surface area contributed by atoms with Crippen LogP contribution in [0.4, 0.5) is 0 Å². The van der Waals surface area contributed by atoms with Crippen LogP contribution in [0.15, 0.2) is 5.11 Å².